The average molecular weight is 418 g/mol. The maximum Gasteiger partial charge on any atom is 0.193 e. The Balaban J connectivity index is 1.98. The van der Waals surface area contributed by atoms with Crippen molar-refractivity contribution in [2.75, 3.05) is 0 Å². The molecular formula is C23H10ClF2N3O. The van der Waals surface area contributed by atoms with E-state index in [9.17, 15) is 9.18 Å². The number of fused-ring (bicyclic) bond motifs is 1. The van der Waals surface area contributed by atoms with Crippen LogP contribution in [-0.2, 0) is 0 Å². The molecule has 1 N–H and O–H groups in total. The fourth-order valence-electron chi connectivity index (χ4n) is 3.30. The molecule has 0 aliphatic carbocycles. The topological polar surface area (TPSA) is 80.4 Å². The molecule has 4 rings (SSSR count). The smallest absolute Gasteiger partial charge is 0.193 e. The van der Waals surface area contributed by atoms with Crippen LogP contribution < -0.4 is 5.43 Å². The summed E-state index contributed by atoms with van der Waals surface area (Å²) in [5.74, 6) is -1.91. The van der Waals surface area contributed by atoms with Crippen molar-refractivity contribution in [2.45, 2.75) is 0 Å². The predicted molar refractivity (Wildman–Crippen MR) is 110 cm³/mol. The first-order valence-electron chi connectivity index (χ1n) is 8.68. The number of pyridine rings is 1. The highest BCUT2D eigenvalue weighted by molar-refractivity contribution is 6.33. The van der Waals surface area contributed by atoms with Gasteiger partial charge in [0, 0.05) is 16.7 Å². The van der Waals surface area contributed by atoms with Gasteiger partial charge in [0.05, 0.1) is 45.4 Å². The van der Waals surface area contributed by atoms with E-state index in [2.05, 4.69) is 4.98 Å². The quantitative estimate of drug-likeness (QED) is 0.465. The fourth-order valence-corrected chi connectivity index (χ4v) is 3.52. The van der Waals surface area contributed by atoms with Crippen LogP contribution in [0.1, 0.15) is 11.1 Å². The SMILES string of the molecule is N#Cc1cccc(-c2c(F)cc3[nH]c(-c4cc(C#N)ccc4Cl)cc(=O)c3c2F)c1. The number of rotatable bonds is 2. The number of nitriles is 2. The summed E-state index contributed by atoms with van der Waals surface area (Å²) in [6.07, 6.45) is 0. The van der Waals surface area contributed by atoms with E-state index < -0.39 is 17.1 Å². The number of H-pyrrole nitrogens is 1. The zero-order valence-corrected chi connectivity index (χ0v) is 15.9. The molecule has 30 heavy (non-hydrogen) atoms. The zero-order chi connectivity index (χ0) is 21.4. The van der Waals surface area contributed by atoms with Gasteiger partial charge in [0.15, 0.2) is 5.43 Å². The molecule has 0 fully saturated rings. The summed E-state index contributed by atoms with van der Waals surface area (Å²) in [7, 11) is 0. The highest BCUT2D eigenvalue weighted by atomic mass is 35.5. The van der Waals surface area contributed by atoms with Crippen molar-refractivity contribution in [2.24, 2.45) is 0 Å². The van der Waals surface area contributed by atoms with Crippen molar-refractivity contribution >= 4 is 22.5 Å². The lowest BCUT2D eigenvalue weighted by Crippen LogP contribution is -2.08. The summed E-state index contributed by atoms with van der Waals surface area (Å²) in [5, 5.41) is 18.1. The number of nitrogens with one attached hydrogen (secondary N) is 1. The van der Waals surface area contributed by atoms with E-state index >= 15 is 4.39 Å². The van der Waals surface area contributed by atoms with Gasteiger partial charge in [-0.3, -0.25) is 4.79 Å². The van der Waals surface area contributed by atoms with Crippen LogP contribution in [-0.4, -0.2) is 4.98 Å². The van der Waals surface area contributed by atoms with Crippen LogP contribution in [0, 0.1) is 34.3 Å². The van der Waals surface area contributed by atoms with Crippen LogP contribution in [0.5, 0.6) is 0 Å². The summed E-state index contributed by atoms with van der Waals surface area (Å²) in [6, 6.07) is 16.4. The first kappa shape index (κ1) is 19.3. The van der Waals surface area contributed by atoms with Crippen LogP contribution >= 0.6 is 11.6 Å². The van der Waals surface area contributed by atoms with Crippen molar-refractivity contribution in [3.05, 3.63) is 92.6 Å². The molecule has 7 heteroatoms. The number of hydrogen-bond donors (Lipinski definition) is 1. The third-order valence-electron chi connectivity index (χ3n) is 4.68. The van der Waals surface area contributed by atoms with E-state index in [0.717, 1.165) is 12.1 Å². The summed E-state index contributed by atoms with van der Waals surface area (Å²) in [6.45, 7) is 0. The Morgan fingerprint density at radius 3 is 2.40 bits per heavy atom. The van der Waals surface area contributed by atoms with Gasteiger partial charge >= 0.3 is 0 Å². The minimum absolute atomic E-state index is 0.0499. The van der Waals surface area contributed by atoms with E-state index in [1.54, 1.807) is 0 Å². The molecule has 0 amide bonds. The first-order chi connectivity index (χ1) is 14.4. The van der Waals surface area contributed by atoms with Gasteiger partial charge in [-0.15, -0.1) is 0 Å². The van der Waals surface area contributed by atoms with Crippen LogP contribution in [0.15, 0.2) is 59.4 Å². The van der Waals surface area contributed by atoms with Crippen molar-refractivity contribution in [1.82, 2.24) is 4.98 Å². The Kier molecular flexibility index (Phi) is 4.79. The molecule has 0 aliphatic heterocycles. The van der Waals surface area contributed by atoms with Crippen molar-refractivity contribution < 1.29 is 8.78 Å². The van der Waals surface area contributed by atoms with E-state index in [1.165, 1.54) is 42.5 Å². The van der Waals surface area contributed by atoms with E-state index in [4.69, 9.17) is 22.1 Å². The molecule has 0 saturated heterocycles. The number of benzene rings is 3. The second kappa shape index (κ2) is 7.44. The normalized spacial score (nSPS) is 10.6. The zero-order valence-electron chi connectivity index (χ0n) is 15.1. The molecule has 144 valence electrons. The van der Waals surface area contributed by atoms with E-state index in [0.29, 0.717) is 11.1 Å². The van der Waals surface area contributed by atoms with Gasteiger partial charge in [0.1, 0.15) is 11.6 Å². The number of aromatic nitrogens is 1. The van der Waals surface area contributed by atoms with Gasteiger partial charge in [-0.2, -0.15) is 10.5 Å². The number of aromatic amines is 1. The lowest BCUT2D eigenvalue weighted by molar-refractivity contribution is 0.597. The van der Waals surface area contributed by atoms with E-state index in [1.807, 2.05) is 12.1 Å². The van der Waals surface area contributed by atoms with Gasteiger partial charge in [0.2, 0.25) is 0 Å². The molecule has 0 aliphatic rings. The summed E-state index contributed by atoms with van der Waals surface area (Å²) in [4.78, 5) is 15.6. The highest BCUT2D eigenvalue weighted by Gasteiger charge is 2.19. The van der Waals surface area contributed by atoms with E-state index in [-0.39, 0.29) is 38.3 Å². The first-order valence-corrected chi connectivity index (χ1v) is 9.06. The largest absolute Gasteiger partial charge is 0.354 e. The average Bonchev–Trinajstić information content (AvgIpc) is 2.73. The predicted octanol–water partition coefficient (Wildman–Crippen LogP) is 5.54. The molecule has 4 nitrogen and oxygen atoms in total. The van der Waals surface area contributed by atoms with Crippen LogP contribution in [0.4, 0.5) is 8.78 Å². The van der Waals surface area contributed by atoms with Crippen LogP contribution in [0.3, 0.4) is 0 Å². The standard InChI is InChI=1S/C23H10ClF2N3O/c24-16-5-4-13(11-28)7-15(16)18-9-20(30)22-19(29-18)8-17(25)21(23(22)26)14-3-1-2-12(6-14)10-27/h1-9H,(H,29,30). The maximum atomic E-state index is 15.2. The summed E-state index contributed by atoms with van der Waals surface area (Å²) >= 11 is 6.18. The number of nitrogens with zero attached hydrogens (tertiary/aromatic N) is 2. The van der Waals surface area contributed by atoms with Crippen molar-refractivity contribution in [3.8, 4) is 34.5 Å². The summed E-state index contributed by atoms with van der Waals surface area (Å²) < 4.78 is 30.1. The number of hydrogen-bond acceptors (Lipinski definition) is 3. The number of halogens is 3. The molecule has 0 spiro atoms. The minimum atomic E-state index is -1.02. The second-order valence-corrected chi connectivity index (χ2v) is 6.92. The Hall–Kier alpha value is -4.00. The molecule has 4 aromatic rings. The Labute approximate surface area is 174 Å². The molecule has 0 unspecified atom stereocenters. The molecule has 1 heterocycles. The summed E-state index contributed by atoms with van der Waals surface area (Å²) in [5.41, 5.74) is 0.192. The van der Waals surface area contributed by atoms with Crippen molar-refractivity contribution in [3.63, 3.8) is 0 Å². The van der Waals surface area contributed by atoms with Crippen LogP contribution in [0.2, 0.25) is 5.02 Å². The van der Waals surface area contributed by atoms with Crippen LogP contribution in [0.25, 0.3) is 33.3 Å². The lowest BCUT2D eigenvalue weighted by atomic mass is 9.99. The molecule has 0 bridgehead atoms. The third-order valence-corrected chi connectivity index (χ3v) is 5.00. The third kappa shape index (κ3) is 3.20. The molecule has 0 radical (unpaired) electrons. The fraction of sp³-hybridized carbons (Fsp3) is 0. The molecule has 3 aromatic carbocycles. The van der Waals surface area contributed by atoms with Gasteiger partial charge in [-0.25, -0.2) is 8.78 Å². The lowest BCUT2D eigenvalue weighted by Gasteiger charge is -2.11. The Morgan fingerprint density at radius 1 is 0.933 bits per heavy atom. The maximum absolute atomic E-state index is 15.2. The van der Waals surface area contributed by atoms with Gasteiger partial charge in [-0.1, -0.05) is 23.7 Å². The Morgan fingerprint density at radius 2 is 1.67 bits per heavy atom. The Bertz CT molecular complexity index is 1480. The monoisotopic (exact) mass is 417 g/mol. The van der Waals surface area contributed by atoms with Crippen molar-refractivity contribution in [1.29, 1.82) is 10.5 Å². The molecule has 0 atom stereocenters. The van der Waals surface area contributed by atoms with Gasteiger partial charge in [-0.05, 0) is 42.0 Å². The highest BCUT2D eigenvalue weighted by Crippen LogP contribution is 2.33. The second-order valence-electron chi connectivity index (χ2n) is 6.52. The minimum Gasteiger partial charge on any atom is -0.354 e. The van der Waals surface area contributed by atoms with Gasteiger partial charge in [0.25, 0.3) is 0 Å². The molecule has 1 aromatic heterocycles. The molecular weight excluding hydrogens is 408 g/mol. The molecule has 0 saturated carbocycles. The van der Waals surface area contributed by atoms with Gasteiger partial charge < -0.3 is 4.98 Å².